The summed E-state index contributed by atoms with van der Waals surface area (Å²) < 4.78 is 31.6. The lowest BCUT2D eigenvalue weighted by Crippen LogP contribution is -2.49. The maximum atomic E-state index is 13.7. The minimum absolute atomic E-state index is 0.219. The Morgan fingerprint density at radius 3 is 2.57 bits per heavy atom. The van der Waals surface area contributed by atoms with E-state index in [1.165, 1.54) is 18.4 Å². The second-order valence-electron chi connectivity index (χ2n) is 4.76. The molecule has 2 heterocycles. The monoisotopic (exact) mass is 293 g/mol. The van der Waals surface area contributed by atoms with Gasteiger partial charge in [-0.15, -0.1) is 0 Å². The summed E-state index contributed by atoms with van der Waals surface area (Å²) in [5.74, 6) is -1.16. The van der Waals surface area contributed by atoms with Gasteiger partial charge in [-0.1, -0.05) is 5.16 Å². The Morgan fingerprint density at radius 1 is 1.14 bits per heavy atom. The summed E-state index contributed by atoms with van der Waals surface area (Å²) in [4.78, 5) is 15.4. The zero-order valence-corrected chi connectivity index (χ0v) is 11.1. The lowest BCUT2D eigenvalue weighted by molar-refractivity contribution is 0.0736. The van der Waals surface area contributed by atoms with E-state index < -0.39 is 11.6 Å². The molecule has 1 saturated heterocycles. The zero-order chi connectivity index (χ0) is 14.8. The van der Waals surface area contributed by atoms with Gasteiger partial charge < -0.3 is 14.3 Å². The van der Waals surface area contributed by atoms with Gasteiger partial charge in [-0.2, -0.15) is 0 Å². The van der Waals surface area contributed by atoms with Crippen molar-refractivity contribution in [1.82, 2.24) is 10.1 Å². The van der Waals surface area contributed by atoms with Crippen LogP contribution >= 0.6 is 0 Å². The molecule has 3 rings (SSSR count). The number of aromatic nitrogens is 1. The van der Waals surface area contributed by atoms with E-state index in [0.29, 0.717) is 26.2 Å². The molecule has 0 unspecified atom stereocenters. The third kappa shape index (κ3) is 2.72. The molecule has 1 aliphatic heterocycles. The van der Waals surface area contributed by atoms with Gasteiger partial charge in [-0.05, 0) is 12.1 Å². The van der Waals surface area contributed by atoms with E-state index in [1.54, 1.807) is 9.80 Å². The molecule has 0 atom stereocenters. The predicted molar refractivity (Wildman–Crippen MR) is 71.0 cm³/mol. The van der Waals surface area contributed by atoms with Crippen molar-refractivity contribution in [2.75, 3.05) is 31.1 Å². The highest BCUT2D eigenvalue weighted by atomic mass is 19.1. The van der Waals surface area contributed by atoms with Crippen LogP contribution in [-0.4, -0.2) is 42.1 Å². The minimum Gasteiger partial charge on any atom is -0.366 e. The Labute approximate surface area is 119 Å². The number of amides is 1. The van der Waals surface area contributed by atoms with Crippen LogP contribution in [0.1, 0.15) is 10.5 Å². The number of carbonyl (C=O) groups excluding carboxylic acids is 1. The first kappa shape index (κ1) is 13.5. The molecule has 0 bridgehead atoms. The predicted octanol–water partition coefficient (Wildman–Crippen LogP) is 1.92. The molecule has 0 saturated carbocycles. The van der Waals surface area contributed by atoms with Crippen molar-refractivity contribution in [2.24, 2.45) is 0 Å². The molecular weight excluding hydrogens is 280 g/mol. The van der Waals surface area contributed by atoms with Crippen LogP contribution in [0.25, 0.3) is 0 Å². The fourth-order valence-corrected chi connectivity index (χ4v) is 2.36. The number of piperazine rings is 1. The Balaban J connectivity index is 1.68. The summed E-state index contributed by atoms with van der Waals surface area (Å²) in [6, 6.07) is 4.87. The van der Waals surface area contributed by atoms with E-state index >= 15 is 0 Å². The van der Waals surface area contributed by atoms with Crippen LogP contribution in [0.15, 0.2) is 35.1 Å². The number of nitrogens with zero attached hydrogens (tertiary/aromatic N) is 3. The van der Waals surface area contributed by atoms with Gasteiger partial charge in [0.05, 0.1) is 5.69 Å². The second kappa shape index (κ2) is 5.51. The Morgan fingerprint density at radius 2 is 1.90 bits per heavy atom. The van der Waals surface area contributed by atoms with E-state index in [9.17, 15) is 13.6 Å². The summed E-state index contributed by atoms with van der Waals surface area (Å²) in [7, 11) is 0. The van der Waals surface area contributed by atoms with E-state index in [2.05, 4.69) is 9.68 Å². The van der Waals surface area contributed by atoms with Gasteiger partial charge in [0.15, 0.2) is 5.69 Å². The second-order valence-corrected chi connectivity index (χ2v) is 4.76. The van der Waals surface area contributed by atoms with Crippen molar-refractivity contribution < 1.29 is 18.1 Å². The number of benzene rings is 1. The van der Waals surface area contributed by atoms with Crippen LogP contribution < -0.4 is 4.90 Å². The van der Waals surface area contributed by atoms with Gasteiger partial charge in [0, 0.05) is 38.3 Å². The highest BCUT2D eigenvalue weighted by Crippen LogP contribution is 2.22. The van der Waals surface area contributed by atoms with Crippen molar-refractivity contribution in [3.8, 4) is 0 Å². The SMILES string of the molecule is O=C(c1ccon1)N1CCN(c2cc(F)ccc2F)CC1. The standard InChI is InChI=1S/C14H13F2N3O2/c15-10-1-2-11(16)13(9-10)18-4-6-19(7-5-18)14(20)12-3-8-21-17-12/h1-3,8-9H,4-7H2. The molecule has 0 radical (unpaired) electrons. The first-order valence-electron chi connectivity index (χ1n) is 6.55. The largest absolute Gasteiger partial charge is 0.366 e. The van der Waals surface area contributed by atoms with Crippen LogP contribution in [0, 0.1) is 11.6 Å². The number of carbonyl (C=O) groups is 1. The van der Waals surface area contributed by atoms with Crippen molar-refractivity contribution in [1.29, 1.82) is 0 Å². The lowest BCUT2D eigenvalue weighted by Gasteiger charge is -2.35. The smallest absolute Gasteiger partial charge is 0.276 e. The van der Waals surface area contributed by atoms with Gasteiger partial charge in [0.1, 0.15) is 17.9 Å². The highest BCUT2D eigenvalue weighted by molar-refractivity contribution is 5.92. The number of hydrogen-bond donors (Lipinski definition) is 0. The molecule has 0 spiro atoms. The fraction of sp³-hybridized carbons (Fsp3) is 0.286. The molecule has 1 fully saturated rings. The summed E-state index contributed by atoms with van der Waals surface area (Å²) in [6.45, 7) is 1.71. The van der Waals surface area contributed by atoms with Crippen LogP contribution in [0.2, 0.25) is 0 Å². The number of hydrogen-bond acceptors (Lipinski definition) is 4. The lowest BCUT2D eigenvalue weighted by atomic mass is 10.2. The molecule has 1 aromatic carbocycles. The fourth-order valence-electron chi connectivity index (χ4n) is 2.36. The first-order valence-corrected chi connectivity index (χ1v) is 6.55. The molecule has 0 aliphatic carbocycles. The minimum atomic E-state index is -0.479. The molecule has 0 N–H and O–H groups in total. The number of anilines is 1. The number of rotatable bonds is 2. The molecule has 7 heteroatoms. The van der Waals surface area contributed by atoms with Crippen LogP contribution in [-0.2, 0) is 0 Å². The van der Waals surface area contributed by atoms with Crippen molar-refractivity contribution in [2.45, 2.75) is 0 Å². The van der Waals surface area contributed by atoms with Gasteiger partial charge in [0.25, 0.3) is 5.91 Å². The zero-order valence-electron chi connectivity index (χ0n) is 11.1. The first-order chi connectivity index (χ1) is 10.1. The quantitative estimate of drug-likeness (QED) is 0.849. The van der Waals surface area contributed by atoms with E-state index in [1.807, 2.05) is 0 Å². The molecule has 21 heavy (non-hydrogen) atoms. The Hall–Kier alpha value is -2.44. The number of halogens is 2. The molecule has 1 aromatic heterocycles. The summed E-state index contributed by atoms with van der Waals surface area (Å²) in [6.07, 6.45) is 1.34. The average Bonchev–Trinajstić information content (AvgIpc) is 3.03. The molecule has 1 aliphatic rings. The molecule has 2 aromatic rings. The topological polar surface area (TPSA) is 49.6 Å². The third-order valence-corrected chi connectivity index (χ3v) is 3.47. The summed E-state index contributed by atoms with van der Waals surface area (Å²) >= 11 is 0. The van der Waals surface area contributed by atoms with Crippen LogP contribution in [0.4, 0.5) is 14.5 Å². The van der Waals surface area contributed by atoms with Gasteiger partial charge >= 0.3 is 0 Å². The van der Waals surface area contributed by atoms with Crippen molar-refractivity contribution in [3.05, 3.63) is 47.9 Å². The van der Waals surface area contributed by atoms with Gasteiger partial charge in [-0.25, -0.2) is 8.78 Å². The van der Waals surface area contributed by atoms with Gasteiger partial charge in [-0.3, -0.25) is 4.79 Å². The third-order valence-electron chi connectivity index (χ3n) is 3.47. The Kier molecular flexibility index (Phi) is 3.55. The Bertz CT molecular complexity index is 638. The maximum Gasteiger partial charge on any atom is 0.276 e. The molecular formula is C14H13F2N3O2. The average molecular weight is 293 g/mol. The molecule has 1 amide bonds. The summed E-state index contributed by atoms with van der Waals surface area (Å²) in [5, 5.41) is 3.60. The van der Waals surface area contributed by atoms with E-state index in [0.717, 1.165) is 12.1 Å². The molecule has 5 nitrogen and oxygen atoms in total. The van der Waals surface area contributed by atoms with E-state index in [4.69, 9.17) is 0 Å². The van der Waals surface area contributed by atoms with Crippen molar-refractivity contribution >= 4 is 11.6 Å². The van der Waals surface area contributed by atoms with Crippen LogP contribution in [0.5, 0.6) is 0 Å². The van der Waals surface area contributed by atoms with Crippen LogP contribution in [0.3, 0.4) is 0 Å². The van der Waals surface area contributed by atoms with Gasteiger partial charge in [0.2, 0.25) is 0 Å². The normalized spacial score (nSPS) is 15.3. The molecule has 110 valence electrons. The van der Waals surface area contributed by atoms with E-state index in [-0.39, 0.29) is 17.3 Å². The van der Waals surface area contributed by atoms with Crippen molar-refractivity contribution in [3.63, 3.8) is 0 Å². The maximum absolute atomic E-state index is 13.7. The summed E-state index contributed by atoms with van der Waals surface area (Å²) in [5.41, 5.74) is 0.476. The highest BCUT2D eigenvalue weighted by Gasteiger charge is 2.25.